The normalized spacial score (nSPS) is 10.5. The van der Waals surface area contributed by atoms with Crippen LogP contribution in [0.1, 0.15) is 11.4 Å². The van der Waals surface area contributed by atoms with Crippen molar-refractivity contribution in [1.82, 2.24) is 14.8 Å². The lowest BCUT2D eigenvalue weighted by atomic mass is 10.2. The van der Waals surface area contributed by atoms with E-state index in [2.05, 4.69) is 10.2 Å². The van der Waals surface area contributed by atoms with Gasteiger partial charge in [-0.3, -0.25) is 4.57 Å². The van der Waals surface area contributed by atoms with Crippen LogP contribution in [0.4, 0.5) is 0 Å². The summed E-state index contributed by atoms with van der Waals surface area (Å²) >= 11 is 0. The molecule has 1 aromatic carbocycles. The summed E-state index contributed by atoms with van der Waals surface area (Å²) < 4.78 is 6.58. The molecule has 0 aliphatic heterocycles. The van der Waals surface area contributed by atoms with E-state index in [0.29, 0.717) is 12.4 Å². The van der Waals surface area contributed by atoms with Gasteiger partial charge in [-0.1, -0.05) is 12.1 Å². The second-order valence-electron chi connectivity index (χ2n) is 3.58. The van der Waals surface area contributed by atoms with E-state index in [1.165, 1.54) is 4.57 Å². The highest BCUT2D eigenvalue weighted by Crippen LogP contribution is 2.12. The number of hydrogen-bond acceptors (Lipinski definition) is 4. The number of hydrogen-bond donors (Lipinski definition) is 2. The van der Waals surface area contributed by atoms with Crippen LogP contribution in [0.25, 0.3) is 0 Å². The topological polar surface area (TPSA) is 85.9 Å². The van der Waals surface area contributed by atoms with E-state index in [1.54, 1.807) is 7.11 Å². The van der Waals surface area contributed by atoms with Crippen LogP contribution >= 0.6 is 0 Å². The molecule has 0 amide bonds. The van der Waals surface area contributed by atoms with Gasteiger partial charge in [0.1, 0.15) is 11.6 Å². The summed E-state index contributed by atoms with van der Waals surface area (Å²) in [7, 11) is 1.61. The number of aromatic amines is 1. The van der Waals surface area contributed by atoms with Crippen LogP contribution in [0.15, 0.2) is 29.1 Å². The van der Waals surface area contributed by atoms with Crippen LogP contribution in [0.3, 0.4) is 0 Å². The van der Waals surface area contributed by atoms with Crippen LogP contribution in [0.5, 0.6) is 5.75 Å². The third-order valence-electron chi connectivity index (χ3n) is 2.52. The molecule has 1 heterocycles. The lowest BCUT2D eigenvalue weighted by molar-refractivity contribution is 0.414. The van der Waals surface area contributed by atoms with Crippen molar-refractivity contribution in [3.05, 3.63) is 46.1 Å². The van der Waals surface area contributed by atoms with E-state index >= 15 is 0 Å². The number of methoxy groups -OCH3 is 1. The van der Waals surface area contributed by atoms with Crippen molar-refractivity contribution in [2.45, 2.75) is 13.1 Å². The molecular weight excluding hydrogens is 220 g/mol. The summed E-state index contributed by atoms with van der Waals surface area (Å²) in [6, 6.07) is 7.50. The number of benzene rings is 1. The summed E-state index contributed by atoms with van der Waals surface area (Å²) in [4.78, 5) is 11.5. The van der Waals surface area contributed by atoms with Crippen molar-refractivity contribution in [3.8, 4) is 5.75 Å². The van der Waals surface area contributed by atoms with E-state index in [-0.39, 0.29) is 12.2 Å². The fourth-order valence-corrected chi connectivity index (χ4v) is 1.58. The van der Waals surface area contributed by atoms with E-state index in [4.69, 9.17) is 10.5 Å². The molecule has 6 heteroatoms. The summed E-state index contributed by atoms with van der Waals surface area (Å²) in [5.41, 5.74) is 6.24. The summed E-state index contributed by atoms with van der Waals surface area (Å²) in [6.45, 7) is 0.681. The molecule has 17 heavy (non-hydrogen) atoms. The van der Waals surface area contributed by atoms with Crippen molar-refractivity contribution >= 4 is 0 Å². The Morgan fingerprint density at radius 2 is 2.12 bits per heavy atom. The minimum atomic E-state index is -0.249. The molecule has 3 N–H and O–H groups in total. The minimum Gasteiger partial charge on any atom is -0.497 e. The fraction of sp³-hybridized carbons (Fsp3) is 0.273. The number of nitrogens with zero attached hydrogens (tertiary/aromatic N) is 2. The zero-order valence-electron chi connectivity index (χ0n) is 9.51. The Hall–Kier alpha value is -2.08. The molecule has 0 radical (unpaired) electrons. The molecule has 0 saturated carbocycles. The van der Waals surface area contributed by atoms with E-state index < -0.39 is 0 Å². The molecule has 2 rings (SSSR count). The van der Waals surface area contributed by atoms with Crippen LogP contribution < -0.4 is 16.2 Å². The fourth-order valence-electron chi connectivity index (χ4n) is 1.58. The standard InChI is InChI=1S/C11H14N4O2/c1-17-9-4-2-8(3-5-9)7-15-10(6-12)13-14-11(15)16/h2-5H,6-7,12H2,1H3,(H,14,16). The number of rotatable bonds is 4. The van der Waals surface area contributed by atoms with Crippen molar-refractivity contribution in [3.63, 3.8) is 0 Å². The van der Waals surface area contributed by atoms with Crippen molar-refractivity contribution in [1.29, 1.82) is 0 Å². The molecule has 6 nitrogen and oxygen atoms in total. The number of ether oxygens (including phenoxy) is 1. The van der Waals surface area contributed by atoms with Crippen molar-refractivity contribution in [2.24, 2.45) is 5.73 Å². The second-order valence-corrected chi connectivity index (χ2v) is 3.58. The lowest BCUT2D eigenvalue weighted by Gasteiger charge is -2.05. The van der Waals surface area contributed by atoms with Gasteiger partial charge in [-0.2, -0.15) is 5.10 Å². The highest BCUT2D eigenvalue weighted by atomic mass is 16.5. The zero-order valence-corrected chi connectivity index (χ0v) is 9.51. The first kappa shape index (κ1) is 11.4. The van der Waals surface area contributed by atoms with Gasteiger partial charge in [0.2, 0.25) is 0 Å². The molecule has 0 aliphatic carbocycles. The molecule has 0 atom stereocenters. The highest BCUT2D eigenvalue weighted by molar-refractivity contribution is 5.27. The number of aromatic nitrogens is 3. The Balaban J connectivity index is 2.24. The van der Waals surface area contributed by atoms with Crippen molar-refractivity contribution < 1.29 is 4.74 Å². The SMILES string of the molecule is COc1ccc(Cn2c(CN)n[nH]c2=O)cc1. The largest absolute Gasteiger partial charge is 0.497 e. The van der Waals surface area contributed by atoms with E-state index in [9.17, 15) is 4.79 Å². The summed E-state index contributed by atoms with van der Waals surface area (Å²) in [5, 5.41) is 6.22. The number of nitrogens with two attached hydrogens (primary N) is 1. The van der Waals surface area contributed by atoms with Crippen LogP contribution in [0.2, 0.25) is 0 Å². The quantitative estimate of drug-likeness (QED) is 0.784. The third-order valence-corrected chi connectivity index (χ3v) is 2.52. The molecule has 90 valence electrons. The predicted molar refractivity (Wildman–Crippen MR) is 62.8 cm³/mol. The molecule has 0 bridgehead atoms. The number of nitrogens with one attached hydrogen (secondary N) is 1. The Morgan fingerprint density at radius 1 is 1.41 bits per heavy atom. The maximum atomic E-state index is 11.5. The average molecular weight is 234 g/mol. The molecular formula is C11H14N4O2. The Morgan fingerprint density at radius 3 is 2.71 bits per heavy atom. The molecule has 0 spiro atoms. The average Bonchev–Trinajstić information content (AvgIpc) is 2.71. The Bertz CT molecular complexity index is 541. The Labute approximate surface area is 98.0 Å². The van der Waals surface area contributed by atoms with Gasteiger partial charge in [0, 0.05) is 0 Å². The molecule has 0 saturated heterocycles. The van der Waals surface area contributed by atoms with E-state index in [1.807, 2.05) is 24.3 Å². The minimum absolute atomic E-state index is 0.231. The van der Waals surface area contributed by atoms with Gasteiger partial charge in [0.15, 0.2) is 0 Å². The van der Waals surface area contributed by atoms with Gasteiger partial charge in [0.25, 0.3) is 0 Å². The lowest BCUT2D eigenvalue weighted by Crippen LogP contribution is -2.20. The van der Waals surface area contributed by atoms with Crippen LogP contribution in [0, 0.1) is 0 Å². The maximum absolute atomic E-state index is 11.5. The van der Waals surface area contributed by atoms with Crippen LogP contribution in [-0.2, 0) is 13.1 Å². The second kappa shape index (κ2) is 4.84. The van der Waals surface area contributed by atoms with Gasteiger partial charge in [-0.05, 0) is 17.7 Å². The first-order valence-corrected chi connectivity index (χ1v) is 5.21. The molecule has 1 aromatic heterocycles. The molecule has 2 aromatic rings. The predicted octanol–water partition coefficient (Wildman–Crippen LogP) is 0.0870. The number of H-pyrrole nitrogens is 1. The summed E-state index contributed by atoms with van der Waals surface area (Å²) in [5.74, 6) is 1.33. The molecule has 0 aliphatic rings. The van der Waals surface area contributed by atoms with Crippen molar-refractivity contribution in [2.75, 3.05) is 7.11 Å². The smallest absolute Gasteiger partial charge is 0.343 e. The van der Waals surface area contributed by atoms with Gasteiger partial charge >= 0.3 is 5.69 Å². The maximum Gasteiger partial charge on any atom is 0.343 e. The Kier molecular flexibility index (Phi) is 3.24. The molecule has 0 unspecified atom stereocenters. The van der Waals surface area contributed by atoms with Gasteiger partial charge in [-0.15, -0.1) is 0 Å². The first-order chi connectivity index (χ1) is 8.24. The third kappa shape index (κ3) is 2.36. The highest BCUT2D eigenvalue weighted by Gasteiger charge is 2.06. The zero-order chi connectivity index (χ0) is 12.3. The molecule has 0 fully saturated rings. The summed E-state index contributed by atoms with van der Waals surface area (Å²) in [6.07, 6.45) is 0. The first-order valence-electron chi connectivity index (χ1n) is 5.21. The van der Waals surface area contributed by atoms with Gasteiger partial charge < -0.3 is 10.5 Å². The van der Waals surface area contributed by atoms with Gasteiger partial charge in [-0.25, -0.2) is 9.89 Å². The van der Waals surface area contributed by atoms with Crippen LogP contribution in [-0.4, -0.2) is 21.9 Å². The monoisotopic (exact) mass is 234 g/mol. The van der Waals surface area contributed by atoms with Gasteiger partial charge in [0.05, 0.1) is 20.2 Å². The van der Waals surface area contributed by atoms with E-state index in [0.717, 1.165) is 11.3 Å².